The average molecular weight is 400 g/mol. The van der Waals surface area contributed by atoms with Crippen LogP contribution in [0.15, 0.2) is 41.8 Å². The fourth-order valence-corrected chi connectivity index (χ4v) is 5.12. The first-order chi connectivity index (χ1) is 13.2. The highest BCUT2D eigenvalue weighted by Gasteiger charge is 2.26. The van der Waals surface area contributed by atoms with Crippen LogP contribution in [0.5, 0.6) is 5.75 Å². The van der Waals surface area contributed by atoms with Gasteiger partial charge in [-0.05, 0) is 36.4 Å². The Balaban J connectivity index is 1.39. The minimum Gasteiger partial charge on any atom is -0.496 e. The highest BCUT2D eigenvalue weighted by Crippen LogP contribution is 2.36. The largest absolute Gasteiger partial charge is 0.496 e. The molecule has 1 aromatic carbocycles. The van der Waals surface area contributed by atoms with E-state index < -0.39 is 0 Å². The fraction of sp³-hybridized carbons (Fsp3) is 0.350. The van der Waals surface area contributed by atoms with Crippen molar-refractivity contribution >= 4 is 28.6 Å². The maximum absolute atomic E-state index is 12.5. The fourth-order valence-electron chi connectivity index (χ4n) is 3.38. The van der Waals surface area contributed by atoms with E-state index in [4.69, 9.17) is 4.74 Å². The lowest BCUT2D eigenvalue weighted by Crippen LogP contribution is -2.38. The second-order valence-electron chi connectivity index (χ2n) is 6.56. The molecule has 0 spiro atoms. The van der Waals surface area contributed by atoms with Crippen molar-refractivity contribution in [1.29, 1.82) is 0 Å². The van der Waals surface area contributed by atoms with Crippen molar-refractivity contribution in [3.8, 4) is 16.3 Å². The van der Waals surface area contributed by atoms with E-state index in [1.165, 1.54) is 0 Å². The molecule has 140 valence electrons. The number of aromatic nitrogens is 2. The van der Waals surface area contributed by atoms with Crippen LogP contribution in [-0.2, 0) is 11.2 Å². The number of carbonyl (C=O) groups excluding carboxylic acids is 1. The second kappa shape index (κ2) is 8.19. The van der Waals surface area contributed by atoms with Gasteiger partial charge in [0.15, 0.2) is 5.01 Å². The van der Waals surface area contributed by atoms with Gasteiger partial charge in [-0.25, -0.2) is 0 Å². The van der Waals surface area contributed by atoms with Crippen molar-refractivity contribution in [3.05, 3.63) is 51.7 Å². The third-order valence-electron chi connectivity index (χ3n) is 4.88. The molecule has 3 aromatic rings. The van der Waals surface area contributed by atoms with Gasteiger partial charge < -0.3 is 9.64 Å². The van der Waals surface area contributed by atoms with Gasteiger partial charge in [0.1, 0.15) is 10.8 Å². The monoisotopic (exact) mass is 399 g/mol. The number of hydrogen-bond acceptors (Lipinski definition) is 6. The summed E-state index contributed by atoms with van der Waals surface area (Å²) >= 11 is 3.27. The molecule has 1 aliphatic rings. The van der Waals surface area contributed by atoms with Gasteiger partial charge in [0.25, 0.3) is 0 Å². The zero-order valence-electron chi connectivity index (χ0n) is 15.1. The predicted octanol–water partition coefficient (Wildman–Crippen LogP) is 4.22. The Kier molecular flexibility index (Phi) is 5.50. The number of nitrogens with zero attached hydrogens (tertiary/aromatic N) is 3. The number of thiophene rings is 1. The molecule has 4 rings (SSSR count). The lowest BCUT2D eigenvalue weighted by atomic mass is 9.97. The quantitative estimate of drug-likeness (QED) is 0.644. The highest BCUT2D eigenvalue weighted by molar-refractivity contribution is 7.14. The van der Waals surface area contributed by atoms with E-state index in [-0.39, 0.29) is 5.91 Å². The molecular weight excluding hydrogens is 378 g/mol. The summed E-state index contributed by atoms with van der Waals surface area (Å²) in [6.07, 6.45) is 2.40. The molecule has 0 bridgehead atoms. The first kappa shape index (κ1) is 18.1. The van der Waals surface area contributed by atoms with E-state index in [1.807, 2.05) is 46.7 Å². The Hall–Kier alpha value is -2.25. The van der Waals surface area contributed by atoms with E-state index in [0.29, 0.717) is 12.3 Å². The molecule has 1 saturated heterocycles. The molecule has 1 aliphatic heterocycles. The minimum absolute atomic E-state index is 0.225. The number of para-hydroxylation sites is 1. The van der Waals surface area contributed by atoms with Crippen molar-refractivity contribution < 1.29 is 9.53 Å². The van der Waals surface area contributed by atoms with Gasteiger partial charge >= 0.3 is 0 Å². The molecule has 27 heavy (non-hydrogen) atoms. The van der Waals surface area contributed by atoms with Crippen LogP contribution in [0.3, 0.4) is 0 Å². The Labute approximate surface area is 166 Å². The van der Waals surface area contributed by atoms with Crippen molar-refractivity contribution in [3.63, 3.8) is 0 Å². The molecule has 0 aliphatic carbocycles. The molecule has 2 aromatic heterocycles. The van der Waals surface area contributed by atoms with Crippen molar-refractivity contribution in [1.82, 2.24) is 15.1 Å². The van der Waals surface area contributed by atoms with Gasteiger partial charge in [0, 0.05) is 23.9 Å². The standard InChI is InChI=1S/C20H21N3O2S2/c1-25-17-7-3-2-6-16(17)20-22-21-19(27-20)14-8-10-23(11-9-14)18(24)13-15-5-4-12-26-15/h2-7,12,14H,8-11,13H2,1H3. The molecule has 0 unspecified atom stereocenters. The van der Waals surface area contributed by atoms with Crippen LogP contribution < -0.4 is 4.74 Å². The Morgan fingerprint density at radius 1 is 1.19 bits per heavy atom. The number of rotatable bonds is 5. The molecule has 5 nitrogen and oxygen atoms in total. The SMILES string of the molecule is COc1ccccc1-c1nnc(C2CCN(C(=O)Cc3cccs3)CC2)s1. The molecule has 7 heteroatoms. The van der Waals surface area contributed by atoms with Gasteiger partial charge in [0.2, 0.25) is 5.91 Å². The maximum Gasteiger partial charge on any atom is 0.227 e. The summed E-state index contributed by atoms with van der Waals surface area (Å²) in [5, 5.41) is 12.8. The Morgan fingerprint density at radius 3 is 2.74 bits per heavy atom. The second-order valence-corrected chi connectivity index (χ2v) is 8.60. The van der Waals surface area contributed by atoms with Crippen LogP contribution in [-0.4, -0.2) is 41.2 Å². The Morgan fingerprint density at radius 2 is 2.00 bits per heavy atom. The van der Waals surface area contributed by atoms with E-state index >= 15 is 0 Å². The Bertz CT molecular complexity index is 900. The normalized spacial score (nSPS) is 15.1. The summed E-state index contributed by atoms with van der Waals surface area (Å²) in [5.41, 5.74) is 0.979. The summed E-state index contributed by atoms with van der Waals surface area (Å²) in [6, 6.07) is 11.9. The maximum atomic E-state index is 12.5. The first-order valence-corrected chi connectivity index (χ1v) is 10.7. The van der Waals surface area contributed by atoms with Gasteiger partial charge in [-0.1, -0.05) is 29.5 Å². The topological polar surface area (TPSA) is 55.3 Å². The minimum atomic E-state index is 0.225. The number of carbonyl (C=O) groups is 1. The number of hydrogen-bond donors (Lipinski definition) is 0. The van der Waals surface area contributed by atoms with Crippen LogP contribution in [0.25, 0.3) is 10.6 Å². The van der Waals surface area contributed by atoms with Gasteiger partial charge in [0.05, 0.1) is 19.1 Å². The van der Waals surface area contributed by atoms with Crippen LogP contribution >= 0.6 is 22.7 Å². The number of amides is 1. The zero-order valence-corrected chi connectivity index (χ0v) is 16.8. The van der Waals surface area contributed by atoms with Crippen LogP contribution in [0.4, 0.5) is 0 Å². The predicted molar refractivity (Wildman–Crippen MR) is 108 cm³/mol. The molecule has 0 saturated carbocycles. The van der Waals surface area contributed by atoms with E-state index in [0.717, 1.165) is 52.1 Å². The number of methoxy groups -OCH3 is 1. The molecule has 0 radical (unpaired) electrons. The average Bonchev–Trinajstić information content (AvgIpc) is 3.40. The molecule has 1 fully saturated rings. The van der Waals surface area contributed by atoms with Crippen molar-refractivity contribution in [2.24, 2.45) is 0 Å². The van der Waals surface area contributed by atoms with E-state index in [2.05, 4.69) is 10.2 Å². The zero-order chi connectivity index (χ0) is 18.6. The van der Waals surface area contributed by atoms with Crippen LogP contribution in [0, 0.1) is 0 Å². The van der Waals surface area contributed by atoms with Gasteiger partial charge in [-0.2, -0.15) is 0 Å². The summed E-state index contributed by atoms with van der Waals surface area (Å²) < 4.78 is 5.43. The third-order valence-corrected chi connectivity index (χ3v) is 6.88. The molecule has 1 amide bonds. The van der Waals surface area contributed by atoms with E-state index in [9.17, 15) is 4.79 Å². The van der Waals surface area contributed by atoms with Crippen LogP contribution in [0.2, 0.25) is 0 Å². The highest BCUT2D eigenvalue weighted by atomic mass is 32.1. The van der Waals surface area contributed by atoms with Crippen molar-refractivity contribution in [2.75, 3.05) is 20.2 Å². The van der Waals surface area contributed by atoms with Crippen LogP contribution in [0.1, 0.15) is 28.6 Å². The smallest absolute Gasteiger partial charge is 0.227 e. The third kappa shape index (κ3) is 4.04. The summed E-state index contributed by atoms with van der Waals surface area (Å²) in [7, 11) is 1.67. The lowest BCUT2D eigenvalue weighted by molar-refractivity contribution is -0.131. The van der Waals surface area contributed by atoms with E-state index in [1.54, 1.807) is 29.8 Å². The summed E-state index contributed by atoms with van der Waals surface area (Å²) in [6.45, 7) is 1.58. The number of benzene rings is 1. The number of likely N-dealkylation sites (tertiary alicyclic amines) is 1. The molecule has 0 atom stereocenters. The number of ether oxygens (including phenoxy) is 1. The summed E-state index contributed by atoms with van der Waals surface area (Å²) in [4.78, 5) is 15.6. The summed E-state index contributed by atoms with van der Waals surface area (Å²) in [5.74, 6) is 1.41. The molecule has 0 N–H and O–H groups in total. The molecular formula is C20H21N3O2S2. The van der Waals surface area contributed by atoms with Gasteiger partial charge in [-0.15, -0.1) is 21.5 Å². The first-order valence-electron chi connectivity index (χ1n) is 9.01. The molecule has 3 heterocycles. The number of piperidine rings is 1. The van der Waals surface area contributed by atoms with Crippen molar-refractivity contribution in [2.45, 2.75) is 25.2 Å². The van der Waals surface area contributed by atoms with Gasteiger partial charge in [-0.3, -0.25) is 4.79 Å². The lowest BCUT2D eigenvalue weighted by Gasteiger charge is -2.30.